The molecule has 0 aliphatic carbocycles. The summed E-state index contributed by atoms with van der Waals surface area (Å²) in [6, 6.07) is 13.3. The maximum Gasteiger partial charge on any atom is 0.339 e. The van der Waals surface area contributed by atoms with Gasteiger partial charge in [-0.3, -0.25) is 4.98 Å². The van der Waals surface area contributed by atoms with Crippen molar-refractivity contribution in [3.8, 4) is 0 Å². The van der Waals surface area contributed by atoms with Crippen LogP contribution in [0.2, 0.25) is 5.02 Å². The maximum absolute atomic E-state index is 11.8. The Kier molecular flexibility index (Phi) is 5.40. The number of carboxylic acids is 1. The Morgan fingerprint density at radius 1 is 1.19 bits per heavy atom. The number of carboxylic acid groups (broad SMARTS) is 1. The first-order chi connectivity index (χ1) is 12.5. The fourth-order valence-electron chi connectivity index (χ4n) is 3.06. The van der Waals surface area contributed by atoms with E-state index < -0.39 is 5.97 Å². The first-order valence-corrected chi connectivity index (χ1v) is 8.61. The number of aliphatic hydroxyl groups excluding tert-OH is 1. The van der Waals surface area contributed by atoms with Crippen LogP contribution < -0.4 is 4.90 Å². The van der Waals surface area contributed by atoms with Gasteiger partial charge in [-0.15, -0.1) is 0 Å². The molecule has 0 saturated carbocycles. The van der Waals surface area contributed by atoms with Gasteiger partial charge in [0.2, 0.25) is 0 Å². The average molecular weight is 371 g/mol. The third-order valence-electron chi connectivity index (χ3n) is 4.33. The van der Waals surface area contributed by atoms with E-state index in [4.69, 9.17) is 11.6 Å². The number of anilines is 1. The van der Waals surface area contributed by atoms with Crippen LogP contribution in [0.15, 0.2) is 48.7 Å². The third-order valence-corrected chi connectivity index (χ3v) is 4.74. The van der Waals surface area contributed by atoms with Gasteiger partial charge in [-0.2, -0.15) is 0 Å². The van der Waals surface area contributed by atoms with Gasteiger partial charge in [-0.25, -0.2) is 4.79 Å². The molecule has 0 aliphatic heterocycles. The van der Waals surface area contributed by atoms with Gasteiger partial charge in [-0.05, 0) is 30.2 Å². The molecule has 26 heavy (non-hydrogen) atoms. The smallest absolute Gasteiger partial charge is 0.339 e. The van der Waals surface area contributed by atoms with Crippen molar-refractivity contribution in [3.63, 3.8) is 0 Å². The number of pyridine rings is 1. The van der Waals surface area contributed by atoms with Crippen LogP contribution in [0.3, 0.4) is 0 Å². The van der Waals surface area contributed by atoms with Crippen LogP contribution in [0.25, 0.3) is 10.9 Å². The minimum atomic E-state index is -1.06. The molecule has 0 saturated heterocycles. The lowest BCUT2D eigenvalue weighted by molar-refractivity contribution is 0.0697. The second-order valence-electron chi connectivity index (χ2n) is 6.02. The number of halogens is 1. The fraction of sp³-hybridized carbons (Fsp3) is 0.200. The van der Waals surface area contributed by atoms with E-state index in [0.717, 1.165) is 11.1 Å². The number of benzene rings is 2. The molecule has 0 atom stereocenters. The van der Waals surface area contributed by atoms with Crippen LogP contribution in [0.5, 0.6) is 0 Å². The number of aryl methyl sites for hydroxylation is 1. The molecule has 0 unspecified atom stereocenters. The second-order valence-corrected chi connectivity index (χ2v) is 6.43. The monoisotopic (exact) mass is 370 g/mol. The summed E-state index contributed by atoms with van der Waals surface area (Å²) in [5, 5.41) is 20.5. The molecule has 0 amide bonds. The van der Waals surface area contributed by atoms with Gasteiger partial charge in [0.15, 0.2) is 0 Å². The third kappa shape index (κ3) is 3.49. The summed E-state index contributed by atoms with van der Waals surface area (Å²) in [5.74, 6) is -1.06. The summed E-state index contributed by atoms with van der Waals surface area (Å²) >= 11 is 6.20. The van der Waals surface area contributed by atoms with Crippen LogP contribution in [0.4, 0.5) is 5.69 Å². The Balaban J connectivity index is 2.22. The number of aromatic nitrogens is 1. The minimum Gasteiger partial charge on any atom is -0.478 e. The SMILES string of the molecule is Cc1c(Cl)ccc2c(N(CCO)Cc3ccccc3)c(C(=O)O)cnc12. The van der Waals surface area contributed by atoms with Crippen molar-refractivity contribution in [3.05, 3.63) is 70.4 Å². The van der Waals surface area contributed by atoms with Crippen molar-refractivity contribution < 1.29 is 15.0 Å². The van der Waals surface area contributed by atoms with Gasteiger partial charge in [0, 0.05) is 29.7 Å². The van der Waals surface area contributed by atoms with Crippen molar-refractivity contribution >= 4 is 34.2 Å². The molecule has 0 radical (unpaired) electrons. The number of aromatic carboxylic acids is 1. The molecule has 3 rings (SSSR count). The van der Waals surface area contributed by atoms with Crippen LogP contribution in [0.1, 0.15) is 21.5 Å². The Morgan fingerprint density at radius 2 is 1.92 bits per heavy atom. The molecule has 0 bridgehead atoms. The van der Waals surface area contributed by atoms with Crippen molar-refractivity contribution in [1.29, 1.82) is 0 Å². The van der Waals surface area contributed by atoms with Crippen molar-refractivity contribution in [2.45, 2.75) is 13.5 Å². The lowest BCUT2D eigenvalue weighted by Crippen LogP contribution is -2.28. The number of carbonyl (C=O) groups is 1. The molecule has 5 nitrogen and oxygen atoms in total. The number of aliphatic hydroxyl groups is 1. The molecule has 0 spiro atoms. The molecule has 0 fully saturated rings. The van der Waals surface area contributed by atoms with Crippen molar-refractivity contribution in [1.82, 2.24) is 4.98 Å². The Hall–Kier alpha value is -2.63. The van der Waals surface area contributed by atoms with E-state index in [0.29, 0.717) is 34.7 Å². The van der Waals surface area contributed by atoms with E-state index in [2.05, 4.69) is 4.98 Å². The fourth-order valence-corrected chi connectivity index (χ4v) is 3.21. The summed E-state index contributed by atoms with van der Waals surface area (Å²) in [6.07, 6.45) is 1.36. The first kappa shape index (κ1) is 18.2. The highest BCUT2D eigenvalue weighted by Gasteiger charge is 2.21. The molecule has 3 aromatic rings. The highest BCUT2D eigenvalue weighted by Crippen LogP contribution is 2.34. The van der Waals surface area contributed by atoms with Crippen LogP contribution in [-0.2, 0) is 6.54 Å². The van der Waals surface area contributed by atoms with Crippen LogP contribution in [0, 0.1) is 6.92 Å². The highest BCUT2D eigenvalue weighted by atomic mass is 35.5. The van der Waals surface area contributed by atoms with Gasteiger partial charge in [0.1, 0.15) is 5.56 Å². The summed E-state index contributed by atoms with van der Waals surface area (Å²) in [5.41, 5.74) is 3.12. The van der Waals surface area contributed by atoms with Gasteiger partial charge < -0.3 is 15.1 Å². The number of fused-ring (bicyclic) bond motifs is 1. The van der Waals surface area contributed by atoms with Gasteiger partial charge in [0.05, 0.1) is 17.8 Å². The largest absolute Gasteiger partial charge is 0.478 e. The zero-order chi connectivity index (χ0) is 18.7. The Bertz CT molecular complexity index is 945. The predicted molar refractivity (Wildman–Crippen MR) is 103 cm³/mol. The van der Waals surface area contributed by atoms with E-state index in [9.17, 15) is 15.0 Å². The van der Waals surface area contributed by atoms with Crippen LogP contribution in [-0.4, -0.2) is 34.3 Å². The Labute approximate surface area is 156 Å². The van der Waals surface area contributed by atoms with E-state index in [1.54, 1.807) is 12.1 Å². The second kappa shape index (κ2) is 7.72. The summed E-state index contributed by atoms with van der Waals surface area (Å²) < 4.78 is 0. The minimum absolute atomic E-state index is 0.0950. The number of nitrogens with zero attached hydrogens (tertiary/aromatic N) is 2. The summed E-state index contributed by atoms with van der Waals surface area (Å²) in [4.78, 5) is 18.0. The maximum atomic E-state index is 11.8. The van der Waals surface area contributed by atoms with Crippen molar-refractivity contribution in [2.75, 3.05) is 18.1 Å². The number of hydrogen-bond acceptors (Lipinski definition) is 4. The zero-order valence-electron chi connectivity index (χ0n) is 14.3. The van der Waals surface area contributed by atoms with Crippen molar-refractivity contribution in [2.24, 2.45) is 0 Å². The average Bonchev–Trinajstić information content (AvgIpc) is 2.64. The highest BCUT2D eigenvalue weighted by molar-refractivity contribution is 6.32. The van der Waals surface area contributed by atoms with Gasteiger partial charge in [0.25, 0.3) is 0 Å². The molecule has 2 aromatic carbocycles. The van der Waals surface area contributed by atoms with Crippen LogP contribution >= 0.6 is 11.6 Å². The predicted octanol–water partition coefficient (Wildman–Crippen LogP) is 3.89. The standard InChI is InChI=1S/C20H19ClN2O3/c1-13-17(21)8-7-15-18(13)22-11-16(20(25)26)19(15)23(9-10-24)12-14-5-3-2-4-6-14/h2-8,11,24H,9-10,12H2,1H3,(H,25,26). The normalized spacial score (nSPS) is 10.9. The molecule has 0 aliphatic rings. The lowest BCUT2D eigenvalue weighted by Gasteiger charge is -2.27. The van der Waals surface area contributed by atoms with Gasteiger partial charge in [-0.1, -0.05) is 41.9 Å². The summed E-state index contributed by atoms with van der Waals surface area (Å²) in [7, 11) is 0. The van der Waals surface area contributed by atoms with E-state index in [1.165, 1.54) is 6.20 Å². The molecule has 2 N–H and O–H groups in total. The first-order valence-electron chi connectivity index (χ1n) is 8.23. The topological polar surface area (TPSA) is 73.7 Å². The van der Waals surface area contributed by atoms with E-state index in [-0.39, 0.29) is 12.2 Å². The molecule has 6 heteroatoms. The lowest BCUT2D eigenvalue weighted by atomic mass is 10.0. The van der Waals surface area contributed by atoms with Gasteiger partial charge >= 0.3 is 5.97 Å². The summed E-state index contributed by atoms with van der Waals surface area (Å²) in [6.45, 7) is 2.54. The quantitative estimate of drug-likeness (QED) is 0.688. The zero-order valence-corrected chi connectivity index (χ0v) is 15.1. The molecule has 1 heterocycles. The van der Waals surface area contributed by atoms with E-state index in [1.807, 2.05) is 42.2 Å². The number of rotatable bonds is 6. The Morgan fingerprint density at radius 3 is 2.58 bits per heavy atom. The number of hydrogen-bond donors (Lipinski definition) is 2. The molecule has 1 aromatic heterocycles. The molecular weight excluding hydrogens is 352 g/mol. The molecule has 134 valence electrons. The van der Waals surface area contributed by atoms with E-state index >= 15 is 0 Å². The molecular formula is C20H19ClN2O3.